The largest absolute Gasteiger partial charge is 0.324 e. The Morgan fingerprint density at radius 1 is 1.26 bits per heavy atom. The molecule has 0 amide bonds. The fraction of sp³-hybridized carbons (Fsp3) is 0.500. The number of benzene rings is 1. The van der Waals surface area contributed by atoms with E-state index < -0.39 is 11.6 Å². The molecule has 1 aromatic carbocycles. The Bertz CT molecular complexity index is 593. The zero-order valence-corrected chi connectivity index (χ0v) is 12.0. The Hall–Kier alpha value is -1.16. The quantitative estimate of drug-likeness (QED) is 0.748. The summed E-state index contributed by atoms with van der Waals surface area (Å²) in [6, 6.07) is 2.27. The molecule has 1 aromatic heterocycles. The van der Waals surface area contributed by atoms with E-state index in [9.17, 15) is 8.78 Å². The van der Waals surface area contributed by atoms with Crippen molar-refractivity contribution in [2.75, 3.05) is 0 Å². The van der Waals surface area contributed by atoms with Gasteiger partial charge in [-0.05, 0) is 25.3 Å². The second-order valence-electron chi connectivity index (χ2n) is 5.27. The Balaban J connectivity index is 2.63. The molecule has 0 saturated carbocycles. The van der Waals surface area contributed by atoms with E-state index in [2.05, 4.69) is 18.8 Å². The number of fused-ring (bicyclic) bond motifs is 1. The zero-order chi connectivity index (χ0) is 14.2. The van der Waals surface area contributed by atoms with Crippen LogP contribution in [0.4, 0.5) is 8.78 Å². The minimum atomic E-state index is -0.642. The molecule has 5 heteroatoms. The number of halogens is 3. The lowest BCUT2D eigenvalue weighted by Gasteiger charge is -2.19. The third-order valence-corrected chi connectivity index (χ3v) is 3.40. The lowest BCUT2D eigenvalue weighted by Crippen LogP contribution is -2.11. The summed E-state index contributed by atoms with van der Waals surface area (Å²) < 4.78 is 29.0. The number of aromatic nitrogens is 2. The van der Waals surface area contributed by atoms with Gasteiger partial charge in [-0.25, -0.2) is 13.8 Å². The van der Waals surface area contributed by atoms with Crippen LogP contribution in [-0.4, -0.2) is 9.55 Å². The number of hydrogen-bond acceptors (Lipinski definition) is 1. The summed E-state index contributed by atoms with van der Waals surface area (Å²) in [7, 11) is 0. The van der Waals surface area contributed by atoms with Crippen LogP contribution in [0.1, 0.15) is 39.1 Å². The SMILES string of the molecule is CC(C)CC(C)n1c(CCl)nc2c(F)cc(F)cc21. The number of nitrogens with zero attached hydrogens (tertiary/aromatic N) is 2. The standard InChI is InChI=1S/C14H17ClF2N2/c1-8(2)4-9(3)19-12-6-10(16)5-11(17)14(12)18-13(19)7-15/h5-6,8-9H,4,7H2,1-3H3. The lowest BCUT2D eigenvalue weighted by molar-refractivity contribution is 0.428. The van der Waals surface area contributed by atoms with Crippen LogP contribution in [0.5, 0.6) is 0 Å². The van der Waals surface area contributed by atoms with E-state index in [1.54, 1.807) is 0 Å². The molecular formula is C14H17ClF2N2. The van der Waals surface area contributed by atoms with Crippen LogP contribution in [0.2, 0.25) is 0 Å². The third-order valence-electron chi connectivity index (χ3n) is 3.16. The molecule has 0 aliphatic carbocycles. The summed E-state index contributed by atoms with van der Waals surface area (Å²) in [5, 5.41) is 0. The molecule has 0 spiro atoms. The summed E-state index contributed by atoms with van der Waals surface area (Å²) in [4.78, 5) is 4.19. The maximum Gasteiger partial charge on any atom is 0.153 e. The van der Waals surface area contributed by atoms with Crippen molar-refractivity contribution in [3.05, 3.63) is 29.6 Å². The number of rotatable bonds is 4. The summed E-state index contributed by atoms with van der Waals surface area (Å²) in [5.41, 5.74) is 0.661. The van der Waals surface area contributed by atoms with Gasteiger partial charge in [-0.3, -0.25) is 0 Å². The monoisotopic (exact) mass is 286 g/mol. The summed E-state index contributed by atoms with van der Waals surface area (Å²) in [6.07, 6.45) is 0.896. The first-order chi connectivity index (χ1) is 8.93. The minimum absolute atomic E-state index is 0.0972. The summed E-state index contributed by atoms with van der Waals surface area (Å²) in [6.45, 7) is 6.23. The van der Waals surface area contributed by atoms with Crippen LogP contribution in [0.15, 0.2) is 12.1 Å². The minimum Gasteiger partial charge on any atom is -0.324 e. The Labute approximate surface area is 116 Å². The first-order valence-corrected chi connectivity index (χ1v) is 6.89. The highest BCUT2D eigenvalue weighted by atomic mass is 35.5. The summed E-state index contributed by atoms with van der Waals surface area (Å²) >= 11 is 5.88. The van der Waals surface area contributed by atoms with Crippen LogP contribution in [-0.2, 0) is 5.88 Å². The molecule has 1 heterocycles. The van der Waals surface area contributed by atoms with Gasteiger partial charge in [0, 0.05) is 12.1 Å². The van der Waals surface area contributed by atoms with E-state index in [1.165, 1.54) is 6.07 Å². The van der Waals surface area contributed by atoms with E-state index in [-0.39, 0.29) is 17.4 Å². The molecule has 1 atom stereocenters. The van der Waals surface area contributed by atoms with Gasteiger partial charge >= 0.3 is 0 Å². The van der Waals surface area contributed by atoms with Gasteiger partial charge in [0.2, 0.25) is 0 Å². The maximum atomic E-state index is 13.7. The van der Waals surface area contributed by atoms with E-state index >= 15 is 0 Å². The number of alkyl halides is 1. The Morgan fingerprint density at radius 2 is 1.95 bits per heavy atom. The van der Waals surface area contributed by atoms with Gasteiger partial charge in [0.05, 0.1) is 11.4 Å². The van der Waals surface area contributed by atoms with Gasteiger partial charge in [0.15, 0.2) is 5.82 Å². The van der Waals surface area contributed by atoms with Crippen molar-refractivity contribution >= 4 is 22.6 Å². The summed E-state index contributed by atoms with van der Waals surface area (Å²) in [5.74, 6) is 0.00211. The fourth-order valence-electron chi connectivity index (χ4n) is 2.54. The van der Waals surface area contributed by atoms with Gasteiger partial charge in [-0.2, -0.15) is 0 Å². The van der Waals surface area contributed by atoms with Crippen LogP contribution in [0.25, 0.3) is 11.0 Å². The fourth-order valence-corrected chi connectivity index (χ4v) is 2.73. The predicted octanol–water partition coefficient (Wildman–Crippen LogP) is 4.66. The molecule has 0 aliphatic rings. The average Bonchev–Trinajstić information content (AvgIpc) is 2.66. The number of hydrogen-bond donors (Lipinski definition) is 0. The first-order valence-electron chi connectivity index (χ1n) is 6.35. The van der Waals surface area contributed by atoms with Crippen LogP contribution >= 0.6 is 11.6 Å². The maximum absolute atomic E-state index is 13.7. The van der Waals surface area contributed by atoms with Gasteiger partial charge in [-0.1, -0.05) is 13.8 Å². The normalized spacial score (nSPS) is 13.4. The molecule has 0 bridgehead atoms. The van der Waals surface area contributed by atoms with E-state index in [4.69, 9.17) is 11.6 Å². The van der Waals surface area contributed by atoms with Gasteiger partial charge in [-0.15, -0.1) is 11.6 Å². The predicted molar refractivity (Wildman–Crippen MR) is 73.4 cm³/mol. The highest BCUT2D eigenvalue weighted by molar-refractivity contribution is 6.16. The molecule has 0 saturated heterocycles. The van der Waals surface area contributed by atoms with Crippen LogP contribution in [0, 0.1) is 17.6 Å². The molecule has 1 unspecified atom stereocenters. The lowest BCUT2D eigenvalue weighted by atomic mass is 10.0. The highest BCUT2D eigenvalue weighted by Crippen LogP contribution is 2.28. The molecule has 2 nitrogen and oxygen atoms in total. The Morgan fingerprint density at radius 3 is 2.53 bits per heavy atom. The van der Waals surface area contributed by atoms with E-state index in [0.29, 0.717) is 17.3 Å². The van der Waals surface area contributed by atoms with Crippen molar-refractivity contribution in [2.45, 2.75) is 39.1 Å². The van der Waals surface area contributed by atoms with Crippen LogP contribution in [0.3, 0.4) is 0 Å². The van der Waals surface area contributed by atoms with Crippen LogP contribution < -0.4 is 0 Å². The smallest absolute Gasteiger partial charge is 0.153 e. The number of imidazole rings is 1. The molecule has 0 N–H and O–H groups in total. The van der Waals surface area contributed by atoms with Crippen molar-refractivity contribution in [2.24, 2.45) is 5.92 Å². The van der Waals surface area contributed by atoms with Gasteiger partial charge in [0.1, 0.15) is 17.2 Å². The van der Waals surface area contributed by atoms with Crippen molar-refractivity contribution in [1.82, 2.24) is 9.55 Å². The first kappa shape index (κ1) is 14.3. The second-order valence-corrected chi connectivity index (χ2v) is 5.53. The topological polar surface area (TPSA) is 17.8 Å². The molecule has 2 aromatic rings. The average molecular weight is 287 g/mol. The van der Waals surface area contributed by atoms with E-state index in [1.807, 2.05) is 11.5 Å². The van der Waals surface area contributed by atoms with Crippen molar-refractivity contribution in [3.63, 3.8) is 0 Å². The van der Waals surface area contributed by atoms with Crippen molar-refractivity contribution in [1.29, 1.82) is 0 Å². The van der Waals surface area contributed by atoms with E-state index in [0.717, 1.165) is 12.5 Å². The molecule has 2 rings (SSSR count). The Kier molecular flexibility index (Phi) is 4.09. The van der Waals surface area contributed by atoms with Crippen molar-refractivity contribution < 1.29 is 8.78 Å². The molecule has 0 fully saturated rings. The third kappa shape index (κ3) is 2.73. The second kappa shape index (κ2) is 5.45. The molecular weight excluding hydrogens is 270 g/mol. The van der Waals surface area contributed by atoms with Gasteiger partial charge in [0.25, 0.3) is 0 Å². The van der Waals surface area contributed by atoms with Gasteiger partial charge < -0.3 is 4.57 Å². The molecule has 0 aliphatic heterocycles. The molecule has 19 heavy (non-hydrogen) atoms. The highest BCUT2D eigenvalue weighted by Gasteiger charge is 2.19. The van der Waals surface area contributed by atoms with Crippen molar-refractivity contribution in [3.8, 4) is 0 Å². The zero-order valence-electron chi connectivity index (χ0n) is 11.3. The molecule has 0 radical (unpaired) electrons. The molecule has 104 valence electrons.